The average molecular weight is 367 g/mol. The van der Waals surface area contributed by atoms with Gasteiger partial charge in [0, 0.05) is 19.3 Å². The van der Waals surface area contributed by atoms with Crippen LogP contribution in [0.1, 0.15) is 59.3 Å². The van der Waals surface area contributed by atoms with Crippen LogP contribution in [0.4, 0.5) is 0 Å². The molecule has 2 rings (SSSR count). The molecule has 0 fully saturated rings. The number of aryl methyl sites for hydroxylation is 2. The SMILES string of the molecule is CCCCCCCSc1nc2c(c(=O)[nH]c(=O)n2C)n1CCC(C)C. The van der Waals surface area contributed by atoms with Gasteiger partial charge in [0.25, 0.3) is 5.56 Å². The Kier molecular flexibility index (Phi) is 7.35. The van der Waals surface area contributed by atoms with Gasteiger partial charge < -0.3 is 4.57 Å². The summed E-state index contributed by atoms with van der Waals surface area (Å²) in [6, 6.07) is 0. The normalized spacial score (nSPS) is 11.7. The molecule has 0 atom stereocenters. The Bertz CT molecular complexity index is 804. The van der Waals surface area contributed by atoms with Gasteiger partial charge in [-0.3, -0.25) is 14.3 Å². The fourth-order valence-electron chi connectivity index (χ4n) is 2.79. The van der Waals surface area contributed by atoms with Crippen LogP contribution >= 0.6 is 11.8 Å². The highest BCUT2D eigenvalue weighted by molar-refractivity contribution is 7.99. The zero-order chi connectivity index (χ0) is 18.4. The highest BCUT2D eigenvalue weighted by Crippen LogP contribution is 2.24. The summed E-state index contributed by atoms with van der Waals surface area (Å²) in [5.74, 6) is 1.52. The van der Waals surface area contributed by atoms with E-state index in [-0.39, 0.29) is 5.56 Å². The molecule has 0 spiro atoms. The molecule has 2 aromatic rings. The molecule has 0 aromatic carbocycles. The number of hydrogen-bond acceptors (Lipinski definition) is 4. The van der Waals surface area contributed by atoms with Crippen molar-refractivity contribution >= 4 is 22.9 Å². The minimum atomic E-state index is -0.415. The van der Waals surface area contributed by atoms with Crippen LogP contribution in [-0.4, -0.2) is 24.9 Å². The Morgan fingerprint density at radius 2 is 1.88 bits per heavy atom. The van der Waals surface area contributed by atoms with E-state index in [1.165, 1.54) is 30.3 Å². The number of nitrogens with one attached hydrogen (secondary N) is 1. The summed E-state index contributed by atoms with van der Waals surface area (Å²) in [5.41, 5.74) is 0.230. The molecule has 0 radical (unpaired) electrons. The lowest BCUT2D eigenvalue weighted by Gasteiger charge is -2.10. The van der Waals surface area contributed by atoms with Crippen molar-refractivity contribution in [2.45, 2.75) is 71.0 Å². The fourth-order valence-corrected chi connectivity index (χ4v) is 3.81. The second-order valence-electron chi connectivity index (χ2n) is 6.98. The summed E-state index contributed by atoms with van der Waals surface area (Å²) in [4.78, 5) is 31.2. The molecule has 0 amide bonds. The number of imidazole rings is 1. The van der Waals surface area contributed by atoms with Crippen LogP contribution in [0.25, 0.3) is 11.2 Å². The summed E-state index contributed by atoms with van der Waals surface area (Å²) < 4.78 is 3.41. The third-order valence-electron chi connectivity index (χ3n) is 4.38. The van der Waals surface area contributed by atoms with Crippen molar-refractivity contribution in [2.24, 2.45) is 13.0 Å². The predicted molar refractivity (Wildman–Crippen MR) is 105 cm³/mol. The smallest absolute Gasteiger partial charge is 0.313 e. The molecule has 140 valence electrons. The second kappa shape index (κ2) is 9.27. The minimum Gasteiger partial charge on any atom is -0.313 e. The lowest BCUT2D eigenvalue weighted by atomic mass is 10.1. The van der Waals surface area contributed by atoms with Gasteiger partial charge in [0.2, 0.25) is 0 Å². The van der Waals surface area contributed by atoms with E-state index in [1.54, 1.807) is 18.8 Å². The Balaban J connectivity index is 2.26. The first-order valence-corrected chi connectivity index (χ1v) is 10.3. The molecule has 0 saturated heterocycles. The number of H-pyrrole nitrogens is 1. The molecule has 2 heterocycles. The molecule has 6 nitrogen and oxygen atoms in total. The first-order chi connectivity index (χ1) is 12.0. The van der Waals surface area contributed by atoms with Gasteiger partial charge in [-0.25, -0.2) is 9.78 Å². The number of thioether (sulfide) groups is 1. The number of nitrogens with zero attached hydrogens (tertiary/aromatic N) is 3. The Morgan fingerprint density at radius 3 is 2.56 bits per heavy atom. The molecular weight excluding hydrogens is 336 g/mol. The Morgan fingerprint density at radius 1 is 1.16 bits per heavy atom. The van der Waals surface area contributed by atoms with Crippen LogP contribution in [0, 0.1) is 5.92 Å². The maximum absolute atomic E-state index is 12.3. The molecule has 1 N–H and O–H groups in total. The minimum absolute atomic E-state index is 0.343. The van der Waals surface area contributed by atoms with Gasteiger partial charge in [-0.2, -0.15) is 0 Å². The van der Waals surface area contributed by atoms with Crippen LogP contribution < -0.4 is 11.2 Å². The quantitative estimate of drug-likeness (QED) is 0.516. The van der Waals surface area contributed by atoms with Crippen molar-refractivity contribution in [2.75, 3.05) is 5.75 Å². The first-order valence-electron chi connectivity index (χ1n) is 9.28. The van der Waals surface area contributed by atoms with E-state index in [9.17, 15) is 9.59 Å². The highest BCUT2D eigenvalue weighted by Gasteiger charge is 2.17. The molecule has 0 aliphatic heterocycles. The molecule has 7 heteroatoms. The van der Waals surface area contributed by atoms with Crippen LogP contribution in [-0.2, 0) is 13.6 Å². The van der Waals surface area contributed by atoms with Crippen LogP contribution in [0.3, 0.4) is 0 Å². The monoisotopic (exact) mass is 366 g/mol. The molecule has 0 aliphatic carbocycles. The van der Waals surface area contributed by atoms with Crippen molar-refractivity contribution in [1.29, 1.82) is 0 Å². The first kappa shape index (κ1) is 19.8. The van der Waals surface area contributed by atoms with Gasteiger partial charge >= 0.3 is 5.69 Å². The second-order valence-corrected chi connectivity index (χ2v) is 8.04. The third kappa shape index (κ3) is 5.00. The van der Waals surface area contributed by atoms with E-state index in [1.807, 2.05) is 4.57 Å². The van der Waals surface area contributed by atoms with Crippen molar-refractivity contribution < 1.29 is 0 Å². The summed E-state index contributed by atoms with van der Waals surface area (Å²) >= 11 is 1.69. The molecule has 2 aromatic heterocycles. The maximum atomic E-state index is 12.3. The van der Waals surface area contributed by atoms with E-state index in [4.69, 9.17) is 0 Å². The number of fused-ring (bicyclic) bond motifs is 1. The lowest BCUT2D eigenvalue weighted by Crippen LogP contribution is -2.29. The zero-order valence-electron chi connectivity index (χ0n) is 15.8. The summed E-state index contributed by atoms with van der Waals surface area (Å²) in [6.07, 6.45) is 7.15. The van der Waals surface area contributed by atoms with Crippen LogP contribution in [0.15, 0.2) is 14.7 Å². The molecule has 25 heavy (non-hydrogen) atoms. The Labute approximate surface area is 153 Å². The molecule has 0 aliphatic rings. The van der Waals surface area contributed by atoms with Crippen molar-refractivity contribution in [1.82, 2.24) is 19.1 Å². The van der Waals surface area contributed by atoms with E-state index in [0.717, 1.165) is 30.3 Å². The molecular formula is C18H30N4O2S. The average Bonchev–Trinajstić information content (AvgIpc) is 2.93. The standard InChI is InChI=1S/C18H30N4O2S/c1-5-6-7-8-9-12-25-18-19-15-14(22(18)11-10-13(2)3)16(23)20-17(24)21(15)4/h13H,5-12H2,1-4H3,(H,20,23,24). The number of unbranched alkanes of at least 4 members (excludes halogenated alkanes) is 4. The van der Waals surface area contributed by atoms with Crippen LogP contribution in [0.2, 0.25) is 0 Å². The summed E-state index contributed by atoms with van der Waals surface area (Å²) in [7, 11) is 1.65. The largest absolute Gasteiger partial charge is 0.329 e. The van der Waals surface area contributed by atoms with Gasteiger partial charge in [0.05, 0.1) is 0 Å². The van der Waals surface area contributed by atoms with Gasteiger partial charge in [-0.1, -0.05) is 58.2 Å². The summed E-state index contributed by atoms with van der Waals surface area (Å²) in [6.45, 7) is 7.29. The maximum Gasteiger partial charge on any atom is 0.329 e. The fraction of sp³-hybridized carbons (Fsp3) is 0.722. The van der Waals surface area contributed by atoms with Gasteiger partial charge in [-0.15, -0.1) is 0 Å². The summed E-state index contributed by atoms with van der Waals surface area (Å²) in [5, 5.41) is 0.845. The number of hydrogen-bond donors (Lipinski definition) is 1. The topological polar surface area (TPSA) is 72.7 Å². The van der Waals surface area contributed by atoms with Crippen molar-refractivity contribution in [3.63, 3.8) is 0 Å². The number of aromatic amines is 1. The molecule has 0 unspecified atom stereocenters. The molecule has 0 saturated carbocycles. The van der Waals surface area contributed by atoms with Crippen molar-refractivity contribution in [3.8, 4) is 0 Å². The van der Waals surface area contributed by atoms with E-state index in [2.05, 4.69) is 30.7 Å². The van der Waals surface area contributed by atoms with Gasteiger partial charge in [0.1, 0.15) is 0 Å². The highest BCUT2D eigenvalue weighted by atomic mass is 32.2. The molecule has 0 bridgehead atoms. The third-order valence-corrected chi connectivity index (χ3v) is 5.44. The zero-order valence-corrected chi connectivity index (χ0v) is 16.6. The van der Waals surface area contributed by atoms with Gasteiger partial charge in [0.15, 0.2) is 16.3 Å². The van der Waals surface area contributed by atoms with Crippen molar-refractivity contribution in [3.05, 3.63) is 20.8 Å². The van der Waals surface area contributed by atoms with E-state index in [0.29, 0.717) is 17.1 Å². The number of rotatable bonds is 10. The van der Waals surface area contributed by atoms with E-state index >= 15 is 0 Å². The van der Waals surface area contributed by atoms with E-state index < -0.39 is 5.69 Å². The lowest BCUT2D eigenvalue weighted by molar-refractivity contribution is 0.503. The Hall–Kier alpha value is -1.50. The predicted octanol–water partition coefficient (Wildman–Crippen LogP) is 3.53. The van der Waals surface area contributed by atoms with Gasteiger partial charge in [-0.05, 0) is 18.8 Å². The number of aromatic nitrogens is 4. The van der Waals surface area contributed by atoms with Crippen LogP contribution in [0.5, 0.6) is 0 Å².